The maximum absolute atomic E-state index is 10.6. The molecule has 0 aliphatic carbocycles. The fourth-order valence-electron chi connectivity index (χ4n) is 1.05. The zero-order valence-electron chi connectivity index (χ0n) is 8.38. The number of hydrogen-bond donors (Lipinski definition) is 2. The predicted octanol–water partition coefficient (Wildman–Crippen LogP) is 1.17. The highest BCUT2D eigenvalue weighted by molar-refractivity contribution is 5.56. The van der Waals surface area contributed by atoms with Gasteiger partial charge >= 0.3 is 5.82 Å². The second-order valence-corrected chi connectivity index (χ2v) is 3.07. The van der Waals surface area contributed by atoms with Crippen molar-refractivity contribution < 1.29 is 10.0 Å². The third-order valence-electron chi connectivity index (χ3n) is 1.96. The van der Waals surface area contributed by atoms with E-state index in [2.05, 4.69) is 10.3 Å². The van der Waals surface area contributed by atoms with Crippen LogP contribution >= 0.6 is 0 Å². The number of nitro groups is 1. The van der Waals surface area contributed by atoms with Gasteiger partial charge in [-0.2, -0.15) is 0 Å². The van der Waals surface area contributed by atoms with Gasteiger partial charge in [0.05, 0.1) is 6.10 Å². The first-order chi connectivity index (χ1) is 7.15. The van der Waals surface area contributed by atoms with E-state index in [1.807, 2.05) is 6.92 Å². The molecule has 0 saturated carbocycles. The standard InChI is InChI=1S/C9H13N3O3/c1-2-7(13)6-11-8-4-3-5-10-9(8)12(14)15/h3-5,7,11,13H,2,6H2,1H3. The lowest BCUT2D eigenvalue weighted by Gasteiger charge is -2.09. The highest BCUT2D eigenvalue weighted by atomic mass is 16.6. The van der Waals surface area contributed by atoms with Gasteiger partial charge in [-0.3, -0.25) is 0 Å². The molecule has 6 nitrogen and oxygen atoms in total. The molecule has 82 valence electrons. The minimum Gasteiger partial charge on any atom is -0.391 e. The Hall–Kier alpha value is -1.69. The average molecular weight is 211 g/mol. The Morgan fingerprint density at radius 2 is 2.47 bits per heavy atom. The van der Waals surface area contributed by atoms with Crippen molar-refractivity contribution in [2.24, 2.45) is 0 Å². The maximum Gasteiger partial charge on any atom is 0.386 e. The van der Waals surface area contributed by atoms with Gasteiger partial charge in [-0.05, 0) is 28.5 Å². The molecule has 2 N–H and O–H groups in total. The Morgan fingerprint density at radius 1 is 1.73 bits per heavy atom. The van der Waals surface area contributed by atoms with Gasteiger partial charge in [0.25, 0.3) is 0 Å². The molecule has 0 aromatic carbocycles. The van der Waals surface area contributed by atoms with Crippen molar-refractivity contribution in [1.29, 1.82) is 0 Å². The van der Waals surface area contributed by atoms with E-state index in [1.54, 1.807) is 12.1 Å². The molecule has 0 aliphatic rings. The van der Waals surface area contributed by atoms with Gasteiger partial charge in [0.2, 0.25) is 0 Å². The van der Waals surface area contributed by atoms with Gasteiger partial charge in [0.1, 0.15) is 11.9 Å². The third-order valence-corrected chi connectivity index (χ3v) is 1.96. The van der Waals surface area contributed by atoms with Crippen LogP contribution in [0.1, 0.15) is 13.3 Å². The summed E-state index contributed by atoms with van der Waals surface area (Å²) >= 11 is 0. The van der Waals surface area contributed by atoms with E-state index in [1.165, 1.54) is 6.20 Å². The first kappa shape index (κ1) is 11.4. The smallest absolute Gasteiger partial charge is 0.386 e. The van der Waals surface area contributed by atoms with Crippen molar-refractivity contribution in [3.63, 3.8) is 0 Å². The lowest BCUT2D eigenvalue weighted by atomic mass is 10.2. The van der Waals surface area contributed by atoms with Crippen molar-refractivity contribution in [2.75, 3.05) is 11.9 Å². The first-order valence-electron chi connectivity index (χ1n) is 4.66. The molecule has 0 bridgehead atoms. The monoisotopic (exact) mass is 211 g/mol. The van der Waals surface area contributed by atoms with Crippen LogP contribution in [0.4, 0.5) is 11.5 Å². The highest BCUT2D eigenvalue weighted by Gasteiger charge is 2.14. The Kier molecular flexibility index (Phi) is 3.99. The highest BCUT2D eigenvalue weighted by Crippen LogP contribution is 2.19. The Balaban J connectivity index is 2.72. The first-order valence-corrected chi connectivity index (χ1v) is 4.66. The van der Waals surface area contributed by atoms with E-state index < -0.39 is 11.0 Å². The molecule has 0 spiro atoms. The van der Waals surface area contributed by atoms with Crippen molar-refractivity contribution in [1.82, 2.24) is 4.98 Å². The summed E-state index contributed by atoms with van der Waals surface area (Å²) in [4.78, 5) is 13.7. The lowest BCUT2D eigenvalue weighted by Crippen LogP contribution is -2.18. The quantitative estimate of drug-likeness (QED) is 0.563. The SMILES string of the molecule is CCC(O)CNc1cccnc1[N+](=O)[O-]. The molecule has 1 atom stereocenters. The summed E-state index contributed by atoms with van der Waals surface area (Å²) < 4.78 is 0. The molecular weight excluding hydrogens is 198 g/mol. The fraction of sp³-hybridized carbons (Fsp3) is 0.444. The summed E-state index contributed by atoms with van der Waals surface area (Å²) in [5.74, 6) is -0.221. The Morgan fingerprint density at radius 3 is 3.07 bits per heavy atom. The number of nitrogens with zero attached hydrogens (tertiary/aromatic N) is 2. The zero-order valence-corrected chi connectivity index (χ0v) is 8.38. The van der Waals surface area contributed by atoms with Gasteiger partial charge in [0, 0.05) is 6.54 Å². The molecule has 15 heavy (non-hydrogen) atoms. The Labute approximate surface area is 87.1 Å². The molecule has 1 aromatic rings. The van der Waals surface area contributed by atoms with Crippen LogP contribution in [0.3, 0.4) is 0 Å². The van der Waals surface area contributed by atoms with Crippen LogP contribution in [0, 0.1) is 10.1 Å². The summed E-state index contributed by atoms with van der Waals surface area (Å²) in [5, 5.41) is 22.7. The molecule has 1 unspecified atom stereocenters. The third kappa shape index (κ3) is 3.17. The van der Waals surface area contributed by atoms with E-state index in [-0.39, 0.29) is 12.4 Å². The summed E-state index contributed by atoms with van der Waals surface area (Å²) in [5.41, 5.74) is 0.329. The van der Waals surface area contributed by atoms with Gasteiger partial charge in [-0.15, -0.1) is 0 Å². The molecule has 0 amide bonds. The minimum atomic E-state index is -0.555. The van der Waals surface area contributed by atoms with Crippen LogP contribution in [0.2, 0.25) is 0 Å². The van der Waals surface area contributed by atoms with Gasteiger partial charge < -0.3 is 20.5 Å². The van der Waals surface area contributed by atoms with Crippen molar-refractivity contribution in [2.45, 2.75) is 19.4 Å². The number of pyridine rings is 1. The maximum atomic E-state index is 10.6. The molecule has 1 heterocycles. The summed E-state index contributed by atoms with van der Waals surface area (Å²) in [6, 6.07) is 3.17. The van der Waals surface area contributed by atoms with Crippen LogP contribution in [0.5, 0.6) is 0 Å². The van der Waals surface area contributed by atoms with Crippen LogP contribution in [0.25, 0.3) is 0 Å². The fourth-order valence-corrected chi connectivity index (χ4v) is 1.05. The predicted molar refractivity (Wildman–Crippen MR) is 55.7 cm³/mol. The number of rotatable bonds is 5. The van der Waals surface area contributed by atoms with E-state index >= 15 is 0 Å². The number of nitrogens with one attached hydrogen (secondary N) is 1. The van der Waals surface area contributed by atoms with Crippen LogP contribution in [-0.2, 0) is 0 Å². The van der Waals surface area contributed by atoms with Crippen LogP contribution < -0.4 is 5.32 Å². The zero-order chi connectivity index (χ0) is 11.3. The topological polar surface area (TPSA) is 88.3 Å². The summed E-state index contributed by atoms with van der Waals surface area (Å²) in [6.45, 7) is 2.12. The average Bonchev–Trinajstić information content (AvgIpc) is 2.26. The second kappa shape index (κ2) is 5.26. The van der Waals surface area contributed by atoms with Crippen molar-refractivity contribution in [3.8, 4) is 0 Å². The number of aliphatic hydroxyl groups is 1. The van der Waals surface area contributed by atoms with Gasteiger partial charge in [0.15, 0.2) is 0 Å². The van der Waals surface area contributed by atoms with Crippen molar-refractivity contribution in [3.05, 3.63) is 28.4 Å². The second-order valence-electron chi connectivity index (χ2n) is 3.07. The lowest BCUT2D eigenvalue weighted by molar-refractivity contribution is -0.388. The van der Waals surface area contributed by atoms with Gasteiger partial charge in [-0.1, -0.05) is 6.92 Å². The number of aromatic nitrogens is 1. The van der Waals surface area contributed by atoms with Crippen LogP contribution in [0.15, 0.2) is 18.3 Å². The molecule has 0 saturated heterocycles. The minimum absolute atomic E-state index is 0.221. The molecule has 0 radical (unpaired) electrons. The number of aliphatic hydroxyl groups excluding tert-OH is 1. The van der Waals surface area contributed by atoms with E-state index in [4.69, 9.17) is 0 Å². The molecule has 1 aromatic heterocycles. The summed E-state index contributed by atoms with van der Waals surface area (Å²) in [6.07, 6.45) is 1.45. The van der Waals surface area contributed by atoms with E-state index in [0.717, 1.165) is 0 Å². The number of hydrogen-bond acceptors (Lipinski definition) is 5. The molecular formula is C9H13N3O3. The number of anilines is 1. The largest absolute Gasteiger partial charge is 0.391 e. The molecule has 0 fully saturated rings. The van der Waals surface area contributed by atoms with Crippen molar-refractivity contribution >= 4 is 11.5 Å². The van der Waals surface area contributed by atoms with Crippen LogP contribution in [-0.4, -0.2) is 27.7 Å². The van der Waals surface area contributed by atoms with E-state index in [0.29, 0.717) is 12.1 Å². The molecule has 0 aliphatic heterocycles. The molecule has 1 rings (SSSR count). The molecule has 6 heteroatoms. The Bertz CT molecular complexity index is 343. The van der Waals surface area contributed by atoms with Gasteiger partial charge in [-0.25, -0.2) is 0 Å². The normalized spacial score (nSPS) is 12.1. The summed E-state index contributed by atoms with van der Waals surface area (Å²) in [7, 11) is 0. The van der Waals surface area contributed by atoms with E-state index in [9.17, 15) is 15.2 Å².